The average Bonchev–Trinajstić information content (AvgIpc) is 2.81. The van der Waals surface area contributed by atoms with Crippen LogP contribution in [0, 0.1) is 6.92 Å². The van der Waals surface area contributed by atoms with E-state index in [0.717, 1.165) is 13.0 Å². The van der Waals surface area contributed by atoms with Crippen molar-refractivity contribution in [3.05, 3.63) is 21.4 Å². The number of rotatable bonds is 6. The minimum absolute atomic E-state index is 0.00702. The minimum Gasteiger partial charge on any atom is -0.379 e. The lowest BCUT2D eigenvalue weighted by atomic mass is 10.0. The maximum absolute atomic E-state index is 12.5. The molecule has 3 atom stereocenters. The van der Waals surface area contributed by atoms with Gasteiger partial charge < -0.3 is 25.1 Å². The van der Waals surface area contributed by atoms with Crippen molar-refractivity contribution in [3.63, 3.8) is 0 Å². The van der Waals surface area contributed by atoms with Crippen LogP contribution in [-0.4, -0.2) is 55.9 Å². The van der Waals surface area contributed by atoms with Crippen molar-refractivity contribution >= 4 is 29.1 Å². The zero-order valence-electron chi connectivity index (χ0n) is 13.5. The van der Waals surface area contributed by atoms with E-state index in [1.54, 1.807) is 14.0 Å². The molecule has 0 bridgehead atoms. The number of amides is 1. The fraction of sp³-hybridized carbons (Fsp3) is 0.667. The Morgan fingerprint density at radius 1 is 1.43 bits per heavy atom. The van der Waals surface area contributed by atoms with Gasteiger partial charge in [-0.1, -0.05) is 23.2 Å². The molecule has 6 nitrogen and oxygen atoms in total. The number of carbonyl (C=O) groups is 1. The number of nitrogens with one attached hydrogen (secondary N) is 3. The Morgan fingerprint density at radius 3 is 2.78 bits per heavy atom. The molecule has 1 fully saturated rings. The van der Waals surface area contributed by atoms with E-state index in [4.69, 9.17) is 32.7 Å². The predicted octanol–water partition coefficient (Wildman–Crippen LogP) is 2.14. The van der Waals surface area contributed by atoms with Crippen molar-refractivity contribution in [2.45, 2.75) is 38.5 Å². The number of H-pyrrole nitrogens is 1. The summed E-state index contributed by atoms with van der Waals surface area (Å²) in [6.45, 7) is 5.69. The van der Waals surface area contributed by atoms with E-state index in [9.17, 15) is 4.79 Å². The second-order valence-corrected chi connectivity index (χ2v) is 6.50. The van der Waals surface area contributed by atoms with Crippen LogP contribution in [0.3, 0.4) is 0 Å². The first-order valence-corrected chi connectivity index (χ1v) is 8.39. The summed E-state index contributed by atoms with van der Waals surface area (Å²) in [5.74, 6) is -0.273. The Labute approximate surface area is 146 Å². The summed E-state index contributed by atoms with van der Waals surface area (Å²) < 4.78 is 11.1. The van der Waals surface area contributed by atoms with Gasteiger partial charge in [0.1, 0.15) is 5.69 Å². The number of methoxy groups -OCH3 is 1. The number of aromatic nitrogens is 1. The van der Waals surface area contributed by atoms with Crippen LogP contribution in [0.1, 0.15) is 29.5 Å². The van der Waals surface area contributed by atoms with Crippen molar-refractivity contribution in [2.24, 2.45) is 0 Å². The van der Waals surface area contributed by atoms with Crippen LogP contribution >= 0.6 is 23.2 Å². The molecule has 1 aliphatic heterocycles. The van der Waals surface area contributed by atoms with Gasteiger partial charge in [0.05, 0.1) is 34.9 Å². The Morgan fingerprint density at radius 2 is 2.17 bits per heavy atom. The molecule has 23 heavy (non-hydrogen) atoms. The molecule has 1 aromatic rings. The van der Waals surface area contributed by atoms with Crippen LogP contribution in [0.2, 0.25) is 10.0 Å². The number of aromatic amines is 1. The fourth-order valence-electron chi connectivity index (χ4n) is 2.47. The van der Waals surface area contributed by atoms with Crippen LogP contribution in [0.5, 0.6) is 0 Å². The molecule has 1 saturated heterocycles. The lowest BCUT2D eigenvalue weighted by Gasteiger charge is -2.33. The summed E-state index contributed by atoms with van der Waals surface area (Å²) >= 11 is 12.1. The van der Waals surface area contributed by atoms with E-state index in [-0.39, 0.29) is 34.9 Å². The highest BCUT2D eigenvalue weighted by Crippen LogP contribution is 2.29. The second-order valence-electron chi connectivity index (χ2n) is 5.74. The average molecular weight is 364 g/mol. The highest BCUT2D eigenvalue weighted by Gasteiger charge is 2.29. The van der Waals surface area contributed by atoms with Gasteiger partial charge in [0.2, 0.25) is 0 Å². The summed E-state index contributed by atoms with van der Waals surface area (Å²) in [5.41, 5.74) is 0.963. The van der Waals surface area contributed by atoms with Crippen LogP contribution in [0.4, 0.5) is 0 Å². The Bertz CT molecular complexity index is 550. The van der Waals surface area contributed by atoms with Crippen LogP contribution in [0.15, 0.2) is 0 Å². The molecule has 130 valence electrons. The SMILES string of the molecule is COC(C)CO[C@H]1CNCC[C@H]1NC(=O)c1[nH]c(C)c(Cl)c1Cl. The van der Waals surface area contributed by atoms with E-state index in [1.165, 1.54) is 0 Å². The summed E-state index contributed by atoms with van der Waals surface area (Å²) in [5, 5.41) is 6.89. The van der Waals surface area contributed by atoms with Gasteiger partial charge >= 0.3 is 0 Å². The monoisotopic (exact) mass is 363 g/mol. The lowest BCUT2D eigenvalue weighted by molar-refractivity contribution is -0.0384. The van der Waals surface area contributed by atoms with Gasteiger partial charge in [0, 0.05) is 19.3 Å². The molecule has 0 saturated carbocycles. The number of halogens is 2. The minimum atomic E-state index is -0.273. The zero-order valence-corrected chi connectivity index (χ0v) is 15.1. The van der Waals surface area contributed by atoms with Crippen molar-refractivity contribution < 1.29 is 14.3 Å². The highest BCUT2D eigenvalue weighted by molar-refractivity contribution is 6.44. The molecule has 8 heteroatoms. The van der Waals surface area contributed by atoms with Crippen molar-refractivity contribution in [2.75, 3.05) is 26.8 Å². The van der Waals surface area contributed by atoms with E-state index in [1.807, 2.05) is 6.92 Å². The molecule has 2 rings (SSSR count). The van der Waals surface area contributed by atoms with Crippen LogP contribution < -0.4 is 10.6 Å². The third-order valence-corrected chi connectivity index (χ3v) is 4.92. The smallest absolute Gasteiger partial charge is 0.269 e. The first-order chi connectivity index (χ1) is 10.9. The molecule has 0 spiro atoms. The molecule has 1 unspecified atom stereocenters. The van der Waals surface area contributed by atoms with Crippen molar-refractivity contribution in [1.82, 2.24) is 15.6 Å². The normalized spacial score (nSPS) is 22.8. The summed E-state index contributed by atoms with van der Waals surface area (Å²) in [6, 6.07) is -0.0914. The summed E-state index contributed by atoms with van der Waals surface area (Å²) in [4.78, 5) is 15.4. The number of hydrogen-bond donors (Lipinski definition) is 3. The summed E-state index contributed by atoms with van der Waals surface area (Å²) in [6.07, 6.45) is 0.672. The van der Waals surface area contributed by atoms with Gasteiger partial charge in [-0.05, 0) is 26.8 Å². The van der Waals surface area contributed by atoms with Gasteiger partial charge in [-0.2, -0.15) is 0 Å². The first-order valence-electron chi connectivity index (χ1n) is 7.63. The standard InChI is InChI=1S/C15H23Cl2N3O3/c1-8(22-3)7-23-11-6-18-5-4-10(11)20-15(21)14-13(17)12(16)9(2)19-14/h8,10-11,18-19H,4-7H2,1-3H3,(H,20,21)/t8?,10-,11+/m1/s1. The fourth-order valence-corrected chi connectivity index (χ4v) is 2.88. The van der Waals surface area contributed by atoms with Gasteiger partial charge in [0.15, 0.2) is 0 Å². The third kappa shape index (κ3) is 4.61. The van der Waals surface area contributed by atoms with Crippen molar-refractivity contribution in [3.8, 4) is 0 Å². The predicted molar refractivity (Wildman–Crippen MR) is 90.5 cm³/mol. The number of hydrogen-bond acceptors (Lipinski definition) is 4. The van der Waals surface area contributed by atoms with Gasteiger partial charge in [-0.3, -0.25) is 4.79 Å². The molecule has 1 aromatic heterocycles. The molecule has 1 amide bonds. The number of aryl methyl sites for hydroxylation is 1. The van der Waals surface area contributed by atoms with Gasteiger partial charge in [-0.15, -0.1) is 0 Å². The molecule has 0 aromatic carbocycles. The summed E-state index contributed by atoms with van der Waals surface area (Å²) in [7, 11) is 1.64. The number of carbonyl (C=O) groups excluding carboxylic acids is 1. The van der Waals surface area contributed by atoms with E-state index in [0.29, 0.717) is 23.9 Å². The van der Waals surface area contributed by atoms with Gasteiger partial charge in [-0.25, -0.2) is 0 Å². The maximum Gasteiger partial charge on any atom is 0.269 e. The zero-order chi connectivity index (χ0) is 17.0. The molecule has 0 aliphatic carbocycles. The molecule has 1 aliphatic rings. The maximum atomic E-state index is 12.5. The van der Waals surface area contributed by atoms with E-state index >= 15 is 0 Å². The molecule has 2 heterocycles. The van der Waals surface area contributed by atoms with Crippen LogP contribution in [-0.2, 0) is 9.47 Å². The van der Waals surface area contributed by atoms with Crippen LogP contribution in [0.25, 0.3) is 0 Å². The lowest BCUT2D eigenvalue weighted by Crippen LogP contribution is -2.54. The molecule has 0 radical (unpaired) electrons. The Hall–Kier alpha value is -0.790. The van der Waals surface area contributed by atoms with Crippen molar-refractivity contribution in [1.29, 1.82) is 0 Å². The van der Waals surface area contributed by atoms with E-state index in [2.05, 4.69) is 15.6 Å². The quantitative estimate of drug-likeness (QED) is 0.723. The number of ether oxygens (including phenoxy) is 2. The largest absolute Gasteiger partial charge is 0.379 e. The number of piperidine rings is 1. The second kappa shape index (κ2) is 8.35. The first kappa shape index (κ1) is 18.5. The topological polar surface area (TPSA) is 75.4 Å². The van der Waals surface area contributed by atoms with E-state index < -0.39 is 0 Å². The molecular formula is C15H23Cl2N3O3. The highest BCUT2D eigenvalue weighted by atomic mass is 35.5. The van der Waals surface area contributed by atoms with Gasteiger partial charge in [0.25, 0.3) is 5.91 Å². The Balaban J connectivity index is 2.00. The Kier molecular flexibility index (Phi) is 6.73. The third-order valence-electron chi connectivity index (χ3n) is 3.97. The molecule has 3 N–H and O–H groups in total. The molecular weight excluding hydrogens is 341 g/mol.